The highest BCUT2D eigenvalue weighted by molar-refractivity contribution is 5.96. The van der Waals surface area contributed by atoms with E-state index in [-0.39, 0.29) is 56.1 Å². The van der Waals surface area contributed by atoms with Crippen molar-refractivity contribution in [3.8, 4) is 0 Å². The van der Waals surface area contributed by atoms with Crippen LogP contribution in [0, 0.1) is 17.8 Å². The van der Waals surface area contributed by atoms with Crippen LogP contribution in [0.15, 0.2) is 109 Å². The Kier molecular flexibility index (Phi) is 27.7. The van der Waals surface area contributed by atoms with Crippen molar-refractivity contribution in [3.05, 3.63) is 115 Å². The molecule has 1 aromatic rings. The summed E-state index contributed by atoms with van der Waals surface area (Å²) in [6, 6.07) is 5.21. The smallest absolute Gasteiger partial charge is 0.313 e. The number of hydrogen-bond acceptors (Lipinski definition) is 20. The number of esters is 1. The third-order valence-corrected chi connectivity index (χ3v) is 14.1. The second-order valence-corrected chi connectivity index (χ2v) is 21.2. The minimum absolute atomic E-state index is 0.132. The average molecular weight is 1110 g/mol. The van der Waals surface area contributed by atoms with Gasteiger partial charge in [0.25, 0.3) is 0 Å². The standard InChI is InChI=1S/C58H84N2O19/c1-34-16-14-12-10-8-6-4-5-7-9-11-13-15-17-46(77-57-54(72)52(60)53(71)36(3)76-57)31-49-51(56(73)74)48(69)33-58(75,79-49)32-45(67)28-43(65)26-41(63)24-40(62)25-42(64)27-44(66)30-50(70)78-55(34)35(2)18-23-39(61)29-47(68)37-19-21-38(59)22-20-37/h4-17,19-22,34-36,39-43,45-46,48-49,51-55,57,61-65,67,69,71-72,75H,18,23-33,59-60H2,1-3H3,(H,73,74). The Hall–Kier alpha value is -5.08. The number of aliphatic hydroxyl groups is 10. The molecule has 19 unspecified atom stereocenters. The number of fused-ring (bicyclic) bond motifs is 2. The summed E-state index contributed by atoms with van der Waals surface area (Å²) >= 11 is 0. The van der Waals surface area contributed by atoms with E-state index in [1.165, 1.54) is 13.0 Å². The van der Waals surface area contributed by atoms with E-state index in [9.17, 15) is 75.3 Å². The Morgan fingerprint density at radius 3 is 1.82 bits per heavy atom. The van der Waals surface area contributed by atoms with Crippen molar-refractivity contribution < 1.29 is 94.3 Å². The molecular weight excluding hydrogens is 1030 g/mol. The van der Waals surface area contributed by atoms with E-state index in [0.29, 0.717) is 17.7 Å². The van der Waals surface area contributed by atoms with Crippen molar-refractivity contribution in [2.45, 2.75) is 195 Å². The molecule has 3 aliphatic heterocycles. The first-order valence-corrected chi connectivity index (χ1v) is 26.9. The molecule has 1 aromatic carbocycles. The normalized spacial score (nSPS) is 35.6. The molecule has 79 heavy (non-hydrogen) atoms. The number of ketones is 2. The van der Waals surface area contributed by atoms with Crippen LogP contribution < -0.4 is 11.5 Å². The minimum atomic E-state index is -2.34. The summed E-state index contributed by atoms with van der Waals surface area (Å²) in [5.41, 5.74) is 12.7. The number of ether oxygens (including phenoxy) is 4. The van der Waals surface area contributed by atoms with Gasteiger partial charge in [0, 0.05) is 49.3 Å². The molecule has 0 amide bonds. The fourth-order valence-electron chi connectivity index (χ4n) is 9.93. The van der Waals surface area contributed by atoms with Gasteiger partial charge >= 0.3 is 11.9 Å². The van der Waals surface area contributed by atoms with Crippen LogP contribution in [0.3, 0.4) is 0 Å². The maximum Gasteiger partial charge on any atom is 0.313 e. The highest BCUT2D eigenvalue weighted by Gasteiger charge is 2.51. The highest BCUT2D eigenvalue weighted by atomic mass is 16.7. The van der Waals surface area contributed by atoms with Gasteiger partial charge in [0.15, 0.2) is 17.9 Å². The van der Waals surface area contributed by atoms with Crippen molar-refractivity contribution in [3.63, 3.8) is 0 Å². The molecule has 0 aliphatic carbocycles. The molecule has 440 valence electrons. The molecule has 0 aromatic heterocycles. The summed E-state index contributed by atoms with van der Waals surface area (Å²) in [4.78, 5) is 51.6. The molecule has 19 atom stereocenters. The number of aliphatic carboxylic acids is 1. The maximum absolute atomic E-state index is 13.3. The summed E-state index contributed by atoms with van der Waals surface area (Å²) in [6.45, 7) is 5.18. The summed E-state index contributed by atoms with van der Waals surface area (Å²) in [5.74, 6) is -7.94. The SMILES string of the molecule is CC1C=CC=CC=CC=CC=CC=CC=CC(OC2OC(C)C(O)C(N)C2O)CC2OC(O)(CC(O)CC(O)CC(O)CC(O)CC(O)CC(=O)CC(=O)OC1C(C)CCC(O)CC(=O)c1ccc(N)cc1)CC(O)C2C(=O)O. The Morgan fingerprint density at radius 1 is 0.722 bits per heavy atom. The Balaban J connectivity index is 1.54. The zero-order valence-corrected chi connectivity index (χ0v) is 45.1. The van der Waals surface area contributed by atoms with Gasteiger partial charge in [0.05, 0.1) is 73.2 Å². The van der Waals surface area contributed by atoms with Gasteiger partial charge in [0.1, 0.15) is 30.3 Å². The molecule has 0 saturated carbocycles. The molecule has 4 rings (SSSR count). The average Bonchev–Trinajstić information content (AvgIpc) is 3.35. The van der Waals surface area contributed by atoms with Crippen LogP contribution in [-0.4, -0.2) is 177 Å². The van der Waals surface area contributed by atoms with Crippen LogP contribution in [0.1, 0.15) is 108 Å². The van der Waals surface area contributed by atoms with Gasteiger partial charge in [-0.05, 0) is 75.6 Å². The lowest BCUT2D eigenvalue weighted by molar-refractivity contribution is -0.308. The molecule has 2 bridgehead atoms. The molecule has 2 saturated heterocycles. The number of carbonyl (C=O) groups excluding carboxylic acids is 3. The number of allylic oxidation sites excluding steroid dienone is 12. The third-order valence-electron chi connectivity index (χ3n) is 14.1. The number of nitrogens with two attached hydrogens (primary N) is 2. The number of anilines is 1. The Bertz CT molecular complexity index is 2280. The zero-order valence-electron chi connectivity index (χ0n) is 45.1. The topological polar surface area (TPSA) is 380 Å². The van der Waals surface area contributed by atoms with E-state index in [1.807, 2.05) is 19.9 Å². The van der Waals surface area contributed by atoms with E-state index in [4.69, 9.17) is 30.4 Å². The van der Waals surface area contributed by atoms with Crippen molar-refractivity contribution in [1.82, 2.24) is 0 Å². The van der Waals surface area contributed by atoms with E-state index in [0.717, 1.165) is 0 Å². The number of Topliss-reactive ketones (excluding diaryl/α,β-unsaturated/α-hetero) is 2. The van der Waals surface area contributed by atoms with Gasteiger partial charge in [0.2, 0.25) is 0 Å². The second kappa shape index (κ2) is 33.0. The van der Waals surface area contributed by atoms with Gasteiger partial charge in [-0.25, -0.2) is 0 Å². The van der Waals surface area contributed by atoms with Crippen molar-refractivity contribution in [2.24, 2.45) is 23.5 Å². The molecule has 3 heterocycles. The predicted octanol–water partition coefficient (Wildman–Crippen LogP) is 2.29. The first-order chi connectivity index (χ1) is 37.3. The van der Waals surface area contributed by atoms with E-state index in [2.05, 4.69) is 0 Å². The molecular formula is C58H84N2O19. The Labute approximate surface area is 461 Å². The second-order valence-electron chi connectivity index (χ2n) is 21.2. The first kappa shape index (κ1) is 66.4. The van der Waals surface area contributed by atoms with Crippen LogP contribution in [0.25, 0.3) is 0 Å². The Morgan fingerprint density at radius 2 is 1.25 bits per heavy atom. The number of aliphatic hydroxyl groups excluding tert-OH is 9. The fraction of sp³-hybridized carbons (Fsp3) is 0.586. The van der Waals surface area contributed by atoms with Gasteiger partial charge < -0.3 is 86.6 Å². The molecule has 2 fully saturated rings. The maximum atomic E-state index is 13.3. The number of carbonyl (C=O) groups is 4. The van der Waals surface area contributed by atoms with Crippen LogP contribution >= 0.6 is 0 Å². The van der Waals surface area contributed by atoms with E-state index >= 15 is 0 Å². The molecule has 0 spiro atoms. The largest absolute Gasteiger partial charge is 0.481 e. The van der Waals surface area contributed by atoms with Crippen molar-refractivity contribution in [1.29, 1.82) is 0 Å². The molecule has 3 aliphatic rings. The first-order valence-electron chi connectivity index (χ1n) is 26.9. The predicted molar refractivity (Wildman–Crippen MR) is 290 cm³/mol. The van der Waals surface area contributed by atoms with Crippen LogP contribution in [0.4, 0.5) is 5.69 Å². The van der Waals surface area contributed by atoms with Gasteiger partial charge in [-0.3, -0.25) is 19.2 Å². The van der Waals surface area contributed by atoms with Crippen molar-refractivity contribution >= 4 is 29.2 Å². The van der Waals surface area contributed by atoms with Crippen molar-refractivity contribution in [2.75, 3.05) is 5.73 Å². The minimum Gasteiger partial charge on any atom is -0.481 e. The van der Waals surface area contributed by atoms with Crippen LogP contribution in [0.5, 0.6) is 0 Å². The summed E-state index contributed by atoms with van der Waals surface area (Å²) in [7, 11) is 0. The molecule has 21 heteroatoms. The number of rotatable bonds is 10. The number of hydrogen-bond donors (Lipinski definition) is 13. The lowest BCUT2D eigenvalue weighted by atomic mass is 9.82. The lowest BCUT2D eigenvalue weighted by Crippen LogP contribution is -2.61. The van der Waals surface area contributed by atoms with Gasteiger partial charge in [-0.1, -0.05) is 98.9 Å². The number of nitrogen functional groups attached to an aromatic ring is 1. The number of benzene rings is 1. The number of carboxylic acids is 1. The molecule has 21 nitrogen and oxygen atoms in total. The summed E-state index contributed by atoms with van der Waals surface area (Å²) in [6.07, 6.45) is 1.84. The summed E-state index contributed by atoms with van der Waals surface area (Å²) in [5, 5.41) is 119. The highest BCUT2D eigenvalue weighted by Crippen LogP contribution is 2.38. The van der Waals surface area contributed by atoms with E-state index in [1.54, 1.807) is 97.2 Å². The van der Waals surface area contributed by atoms with E-state index < -0.39 is 153 Å². The van der Waals surface area contributed by atoms with Crippen LogP contribution in [-0.2, 0) is 33.3 Å². The quantitative estimate of drug-likeness (QED) is 0.0692. The zero-order chi connectivity index (χ0) is 58.4. The summed E-state index contributed by atoms with van der Waals surface area (Å²) < 4.78 is 23.6. The van der Waals surface area contributed by atoms with Crippen LogP contribution in [0.2, 0.25) is 0 Å². The van der Waals surface area contributed by atoms with Gasteiger partial charge in [-0.2, -0.15) is 0 Å². The molecule has 0 radical (unpaired) electrons. The van der Waals surface area contributed by atoms with Gasteiger partial charge in [-0.15, -0.1) is 0 Å². The third kappa shape index (κ3) is 23.1. The lowest BCUT2D eigenvalue weighted by Gasteiger charge is -2.45. The monoisotopic (exact) mass is 1110 g/mol. The molecule has 15 N–H and O–H groups in total. The number of carboxylic acid groups (broad SMARTS) is 1. The fourth-order valence-corrected chi connectivity index (χ4v) is 9.93. The number of cyclic esters (lactones) is 1.